The van der Waals surface area contributed by atoms with E-state index in [0.717, 1.165) is 33.3 Å². The normalized spacial score (nSPS) is 11.8. The van der Waals surface area contributed by atoms with Gasteiger partial charge in [0.05, 0.1) is 29.3 Å². The van der Waals surface area contributed by atoms with Gasteiger partial charge in [-0.15, -0.1) is 11.8 Å². The number of carboxylic acids is 1. The van der Waals surface area contributed by atoms with E-state index < -0.39 is 5.97 Å². The van der Waals surface area contributed by atoms with Gasteiger partial charge in [0, 0.05) is 30.3 Å². The number of hydrogen-bond donors (Lipinski definition) is 1. The number of amides is 1. The van der Waals surface area contributed by atoms with Gasteiger partial charge in [0.25, 0.3) is 0 Å². The summed E-state index contributed by atoms with van der Waals surface area (Å²) >= 11 is 7.68. The number of aromatic nitrogens is 1. The first kappa shape index (κ1) is 27.5. The monoisotopic (exact) mass is 548 g/mol. The molecule has 0 aliphatic carbocycles. The Bertz CT molecular complexity index is 1440. The lowest BCUT2D eigenvalue weighted by Gasteiger charge is -2.20. The Kier molecular flexibility index (Phi) is 9.26. The van der Waals surface area contributed by atoms with E-state index in [1.54, 1.807) is 30.8 Å². The lowest BCUT2D eigenvalue weighted by molar-refractivity contribution is -0.136. The topological polar surface area (TPSA) is 79.7 Å². The van der Waals surface area contributed by atoms with Gasteiger partial charge in [0.1, 0.15) is 12.4 Å². The van der Waals surface area contributed by atoms with Crippen LogP contribution in [0.3, 0.4) is 0 Å². The number of ether oxygens (including phenoxy) is 1. The van der Waals surface area contributed by atoms with Crippen molar-refractivity contribution in [2.24, 2.45) is 0 Å². The Balaban J connectivity index is 1.55. The summed E-state index contributed by atoms with van der Waals surface area (Å²) in [4.78, 5) is 29.7. The van der Waals surface area contributed by atoms with Crippen LogP contribution in [0.2, 0.25) is 5.02 Å². The molecule has 4 aromatic rings. The van der Waals surface area contributed by atoms with Gasteiger partial charge >= 0.3 is 5.97 Å². The fourth-order valence-electron chi connectivity index (χ4n) is 3.99. The van der Waals surface area contributed by atoms with Gasteiger partial charge in [-0.3, -0.25) is 9.59 Å². The van der Waals surface area contributed by atoms with E-state index in [9.17, 15) is 14.7 Å². The first-order valence-corrected chi connectivity index (χ1v) is 13.6. The summed E-state index contributed by atoms with van der Waals surface area (Å²) < 4.78 is 6.09. The molecule has 1 atom stereocenters. The Morgan fingerprint density at radius 1 is 1.00 bits per heavy atom. The van der Waals surface area contributed by atoms with Gasteiger partial charge in [-0.1, -0.05) is 60.1 Å². The molecule has 0 radical (unpaired) electrons. The minimum Gasteiger partial charge on any atom is -0.487 e. The van der Waals surface area contributed by atoms with Crippen LogP contribution in [-0.2, 0) is 22.6 Å². The summed E-state index contributed by atoms with van der Waals surface area (Å²) in [6.07, 6.45) is 0.369. The molecule has 0 saturated heterocycles. The average molecular weight is 549 g/mol. The molecule has 0 spiro atoms. The molecule has 1 N–H and O–H groups in total. The molecule has 0 fully saturated rings. The lowest BCUT2D eigenvalue weighted by Crippen LogP contribution is -2.23. The van der Waals surface area contributed by atoms with Crippen LogP contribution in [0.25, 0.3) is 10.9 Å². The van der Waals surface area contributed by atoms with Crippen molar-refractivity contribution >= 4 is 46.1 Å². The molecule has 0 saturated carbocycles. The van der Waals surface area contributed by atoms with Crippen LogP contribution in [0, 0.1) is 0 Å². The third kappa shape index (κ3) is 7.49. The van der Waals surface area contributed by atoms with E-state index in [0.29, 0.717) is 29.6 Å². The molecular weight excluding hydrogens is 520 g/mol. The van der Waals surface area contributed by atoms with Gasteiger partial charge in [0.15, 0.2) is 0 Å². The Morgan fingerprint density at radius 2 is 1.74 bits per heavy atom. The molecule has 196 valence electrons. The number of halogens is 1. The molecule has 1 amide bonds. The molecule has 0 aliphatic rings. The standard InChI is InChI=1S/C30H29ClN2O4S/c1-33(2)28(34)16-20-5-3-6-22(15-20)30(38-14-13-29(35)36)23-7-4-8-26(17-23)37-19-25-12-10-21-9-11-24(31)18-27(21)32-25/h3-12,15,17-18,30H,13-14,16,19H2,1-2H3,(H,35,36). The number of carbonyl (C=O) groups excluding carboxylic acids is 1. The van der Waals surface area contributed by atoms with E-state index in [1.165, 1.54) is 0 Å². The maximum Gasteiger partial charge on any atom is 0.304 e. The minimum absolute atomic E-state index is 0.0252. The van der Waals surface area contributed by atoms with Crippen LogP contribution in [-0.4, -0.2) is 46.7 Å². The molecule has 0 aliphatic heterocycles. The second kappa shape index (κ2) is 12.8. The smallest absolute Gasteiger partial charge is 0.304 e. The van der Waals surface area contributed by atoms with Crippen molar-refractivity contribution in [2.45, 2.75) is 24.7 Å². The summed E-state index contributed by atoms with van der Waals surface area (Å²) in [5, 5.41) is 10.7. The third-order valence-electron chi connectivity index (χ3n) is 5.97. The van der Waals surface area contributed by atoms with E-state index in [4.69, 9.17) is 16.3 Å². The van der Waals surface area contributed by atoms with Crippen LogP contribution in [0.15, 0.2) is 78.9 Å². The molecule has 38 heavy (non-hydrogen) atoms. The molecule has 1 unspecified atom stereocenters. The highest BCUT2D eigenvalue weighted by atomic mass is 35.5. The van der Waals surface area contributed by atoms with E-state index in [1.807, 2.05) is 78.9 Å². The fraction of sp³-hybridized carbons (Fsp3) is 0.233. The van der Waals surface area contributed by atoms with Crippen molar-refractivity contribution in [1.82, 2.24) is 9.88 Å². The predicted octanol–water partition coefficient (Wildman–Crippen LogP) is 6.40. The number of benzene rings is 3. The number of carbonyl (C=O) groups is 2. The van der Waals surface area contributed by atoms with Crippen molar-refractivity contribution in [3.8, 4) is 5.75 Å². The molecule has 4 rings (SSSR count). The predicted molar refractivity (Wildman–Crippen MR) is 153 cm³/mol. The largest absolute Gasteiger partial charge is 0.487 e. The number of thioether (sulfide) groups is 1. The number of hydrogen-bond acceptors (Lipinski definition) is 5. The highest BCUT2D eigenvalue weighted by Crippen LogP contribution is 2.38. The molecular formula is C30H29ClN2O4S. The third-order valence-corrected chi connectivity index (χ3v) is 7.52. The quantitative estimate of drug-likeness (QED) is 0.234. The van der Waals surface area contributed by atoms with Crippen LogP contribution >= 0.6 is 23.4 Å². The molecule has 0 bridgehead atoms. The van der Waals surface area contributed by atoms with Crippen LogP contribution in [0.1, 0.15) is 34.1 Å². The van der Waals surface area contributed by atoms with Gasteiger partial charge in [-0.05, 0) is 47.0 Å². The Morgan fingerprint density at radius 3 is 2.50 bits per heavy atom. The van der Waals surface area contributed by atoms with Crippen molar-refractivity contribution in [1.29, 1.82) is 0 Å². The Labute approximate surface area is 231 Å². The summed E-state index contributed by atoms with van der Waals surface area (Å²) in [6, 6.07) is 25.3. The number of likely N-dealkylation sites (N-methyl/N-ethyl adjacent to an activating group) is 1. The molecule has 1 aromatic heterocycles. The number of pyridine rings is 1. The highest BCUT2D eigenvalue weighted by Gasteiger charge is 2.18. The number of nitrogens with zero attached hydrogens (tertiary/aromatic N) is 2. The van der Waals surface area contributed by atoms with Gasteiger partial charge in [0.2, 0.25) is 5.91 Å². The first-order valence-electron chi connectivity index (χ1n) is 12.2. The Hall–Kier alpha value is -3.55. The van der Waals surface area contributed by atoms with E-state index >= 15 is 0 Å². The first-order chi connectivity index (χ1) is 18.3. The van der Waals surface area contributed by atoms with Gasteiger partial charge in [-0.2, -0.15) is 0 Å². The number of carboxylic acid groups (broad SMARTS) is 1. The highest BCUT2D eigenvalue weighted by molar-refractivity contribution is 7.99. The van der Waals surface area contributed by atoms with Crippen molar-refractivity contribution in [3.63, 3.8) is 0 Å². The molecule has 8 heteroatoms. The van der Waals surface area contributed by atoms with Gasteiger partial charge in [-0.25, -0.2) is 4.98 Å². The molecule has 3 aromatic carbocycles. The van der Waals surface area contributed by atoms with Gasteiger partial charge < -0.3 is 14.7 Å². The van der Waals surface area contributed by atoms with E-state index in [2.05, 4.69) is 4.98 Å². The van der Waals surface area contributed by atoms with Crippen LogP contribution in [0.4, 0.5) is 0 Å². The summed E-state index contributed by atoms with van der Waals surface area (Å²) in [6.45, 7) is 0.296. The average Bonchev–Trinajstić information content (AvgIpc) is 2.89. The van der Waals surface area contributed by atoms with Crippen LogP contribution in [0.5, 0.6) is 5.75 Å². The summed E-state index contributed by atoms with van der Waals surface area (Å²) in [5.74, 6) is 0.341. The second-order valence-electron chi connectivity index (χ2n) is 9.11. The SMILES string of the molecule is CN(C)C(=O)Cc1cccc(C(SCCC(=O)O)c2cccc(OCc3ccc4ccc(Cl)cc4n3)c2)c1. The van der Waals surface area contributed by atoms with E-state index in [-0.39, 0.29) is 17.6 Å². The van der Waals surface area contributed by atoms with Crippen molar-refractivity contribution in [3.05, 3.63) is 106 Å². The zero-order valence-corrected chi connectivity index (χ0v) is 22.8. The number of aliphatic carboxylic acids is 1. The maximum atomic E-state index is 12.3. The van der Waals surface area contributed by atoms with Crippen molar-refractivity contribution < 1.29 is 19.4 Å². The minimum atomic E-state index is -0.831. The summed E-state index contributed by atoms with van der Waals surface area (Å²) in [5.41, 5.74) is 4.52. The second-order valence-corrected chi connectivity index (χ2v) is 10.8. The number of fused-ring (bicyclic) bond motifs is 1. The summed E-state index contributed by atoms with van der Waals surface area (Å²) in [7, 11) is 3.48. The zero-order chi connectivity index (χ0) is 27.1. The van der Waals surface area contributed by atoms with Crippen molar-refractivity contribution in [2.75, 3.05) is 19.8 Å². The maximum absolute atomic E-state index is 12.3. The number of rotatable bonds is 11. The fourth-order valence-corrected chi connectivity index (χ4v) is 5.36. The lowest BCUT2D eigenvalue weighted by atomic mass is 10.0. The molecule has 1 heterocycles. The zero-order valence-electron chi connectivity index (χ0n) is 21.3. The van der Waals surface area contributed by atoms with Crippen LogP contribution < -0.4 is 4.74 Å². The molecule has 6 nitrogen and oxygen atoms in total.